The Morgan fingerprint density at radius 1 is 0.778 bits per heavy atom. The lowest BCUT2D eigenvalue weighted by Gasteiger charge is -2.26. The van der Waals surface area contributed by atoms with Crippen LogP contribution in [0.15, 0.2) is 53.4 Å². The fourth-order valence-electron chi connectivity index (χ4n) is 2.14. The molecule has 2 aromatic rings. The molecule has 0 N–H and O–H groups in total. The van der Waals surface area contributed by atoms with E-state index in [1.807, 2.05) is 0 Å². The first-order valence-corrected chi connectivity index (χ1v) is 7.48. The molecule has 0 atom stereocenters. The van der Waals surface area contributed by atoms with Crippen LogP contribution < -0.4 is 0 Å². The zero-order valence-corrected chi connectivity index (χ0v) is 12.3. The average Bonchev–Trinajstić information content (AvgIpc) is 2.39. The van der Waals surface area contributed by atoms with Gasteiger partial charge in [0.2, 0.25) is 0 Å². The van der Waals surface area contributed by atoms with Gasteiger partial charge in [-0.15, -0.1) is 11.8 Å². The van der Waals surface area contributed by atoms with E-state index >= 15 is 0 Å². The molecule has 0 unspecified atom stereocenters. The van der Waals surface area contributed by atoms with Crippen LogP contribution in [-0.2, 0) is 5.41 Å². The van der Waals surface area contributed by atoms with Crippen LogP contribution in [0.5, 0.6) is 0 Å². The van der Waals surface area contributed by atoms with Crippen LogP contribution in [0.3, 0.4) is 0 Å². The molecule has 0 bridgehead atoms. The van der Waals surface area contributed by atoms with E-state index in [9.17, 15) is 0 Å². The molecule has 0 fully saturated rings. The van der Waals surface area contributed by atoms with Crippen LogP contribution in [0.2, 0.25) is 0 Å². The summed E-state index contributed by atoms with van der Waals surface area (Å²) in [7, 11) is 0. The van der Waals surface area contributed by atoms with Crippen molar-refractivity contribution >= 4 is 11.8 Å². The molecule has 0 aliphatic carbocycles. The highest BCUT2D eigenvalue weighted by atomic mass is 32.2. The average molecular weight is 256 g/mol. The zero-order chi connectivity index (χ0) is 13.2. The summed E-state index contributed by atoms with van der Waals surface area (Å²) in [6.07, 6.45) is 2.11. The maximum absolute atomic E-state index is 2.28. The smallest absolute Gasteiger partial charge is 0.0146 e. The number of benzene rings is 2. The maximum Gasteiger partial charge on any atom is 0.0146 e. The Labute approximate surface area is 114 Å². The molecule has 0 saturated carbocycles. The Morgan fingerprint density at radius 3 is 1.67 bits per heavy atom. The van der Waals surface area contributed by atoms with Crippen molar-refractivity contribution in [1.82, 2.24) is 0 Å². The summed E-state index contributed by atoms with van der Waals surface area (Å²) in [5, 5.41) is 0. The van der Waals surface area contributed by atoms with Gasteiger partial charge in [0.25, 0.3) is 0 Å². The van der Waals surface area contributed by atoms with Crippen molar-refractivity contribution in [1.29, 1.82) is 0 Å². The van der Waals surface area contributed by atoms with E-state index in [1.54, 1.807) is 11.8 Å². The Bertz CT molecular complexity index is 506. The van der Waals surface area contributed by atoms with Gasteiger partial charge in [0.1, 0.15) is 0 Å². The van der Waals surface area contributed by atoms with Gasteiger partial charge in [-0.1, -0.05) is 55.8 Å². The van der Waals surface area contributed by atoms with Gasteiger partial charge >= 0.3 is 0 Å². The summed E-state index contributed by atoms with van der Waals surface area (Å²) in [5.41, 5.74) is 4.10. The van der Waals surface area contributed by atoms with E-state index in [4.69, 9.17) is 0 Å². The minimum Gasteiger partial charge on any atom is -0.130 e. The summed E-state index contributed by atoms with van der Waals surface area (Å²) < 4.78 is 0. The van der Waals surface area contributed by atoms with E-state index < -0.39 is 0 Å². The minimum atomic E-state index is 0.0602. The first kappa shape index (κ1) is 13.2. The molecule has 18 heavy (non-hydrogen) atoms. The van der Waals surface area contributed by atoms with E-state index in [1.165, 1.54) is 21.6 Å². The molecule has 0 heterocycles. The second-order valence-corrected chi connectivity index (χ2v) is 6.10. The summed E-state index contributed by atoms with van der Waals surface area (Å²) in [6.45, 7) is 6.70. The fraction of sp³-hybridized carbons (Fsp3) is 0.294. The third-order valence-electron chi connectivity index (χ3n) is 3.58. The highest BCUT2D eigenvalue weighted by Gasteiger charge is 2.22. The van der Waals surface area contributed by atoms with Gasteiger partial charge in [-0.3, -0.25) is 0 Å². The van der Waals surface area contributed by atoms with Gasteiger partial charge in [0, 0.05) is 10.3 Å². The Morgan fingerprint density at radius 2 is 1.22 bits per heavy atom. The van der Waals surface area contributed by atoms with Crippen molar-refractivity contribution in [3.05, 3.63) is 65.2 Å². The van der Waals surface area contributed by atoms with Crippen LogP contribution in [0.1, 0.15) is 30.5 Å². The quantitative estimate of drug-likeness (QED) is 0.693. The van der Waals surface area contributed by atoms with Crippen molar-refractivity contribution in [2.75, 3.05) is 6.26 Å². The van der Waals surface area contributed by atoms with Gasteiger partial charge in [0.15, 0.2) is 0 Å². The normalized spacial score (nSPS) is 11.6. The second kappa shape index (κ2) is 5.19. The summed E-state index contributed by atoms with van der Waals surface area (Å²) in [6, 6.07) is 17.7. The molecule has 0 amide bonds. The van der Waals surface area contributed by atoms with Crippen molar-refractivity contribution in [3.63, 3.8) is 0 Å². The number of thioether (sulfide) groups is 1. The first-order chi connectivity index (χ1) is 8.54. The highest BCUT2D eigenvalue weighted by Crippen LogP contribution is 2.32. The molecule has 94 valence electrons. The fourth-order valence-corrected chi connectivity index (χ4v) is 2.55. The SMILES string of the molecule is CSc1ccc(C(C)(C)c2ccc(C)cc2)cc1. The molecule has 2 aromatic carbocycles. The first-order valence-electron chi connectivity index (χ1n) is 6.26. The third kappa shape index (κ3) is 2.62. The molecule has 0 nitrogen and oxygen atoms in total. The molecule has 0 aliphatic heterocycles. The van der Waals surface area contributed by atoms with Gasteiger partial charge in [0.05, 0.1) is 0 Å². The second-order valence-electron chi connectivity index (χ2n) is 5.22. The van der Waals surface area contributed by atoms with Gasteiger partial charge in [-0.2, -0.15) is 0 Å². The Balaban J connectivity index is 2.37. The summed E-state index contributed by atoms with van der Waals surface area (Å²) in [5.74, 6) is 0. The predicted octanol–water partition coefficient (Wildman–Crippen LogP) is 5.04. The predicted molar refractivity (Wildman–Crippen MR) is 81.5 cm³/mol. The lowest BCUT2D eigenvalue weighted by atomic mass is 9.78. The van der Waals surface area contributed by atoms with Crippen LogP contribution in [0.25, 0.3) is 0 Å². The Hall–Kier alpha value is -1.21. The summed E-state index contributed by atoms with van der Waals surface area (Å²) in [4.78, 5) is 1.32. The van der Waals surface area contributed by atoms with Crippen molar-refractivity contribution < 1.29 is 0 Å². The minimum absolute atomic E-state index is 0.0602. The monoisotopic (exact) mass is 256 g/mol. The molecular formula is C17H20S. The number of hydrogen-bond acceptors (Lipinski definition) is 1. The molecule has 0 radical (unpaired) electrons. The van der Waals surface area contributed by atoms with Crippen molar-refractivity contribution in [3.8, 4) is 0 Å². The van der Waals surface area contributed by atoms with Gasteiger partial charge < -0.3 is 0 Å². The number of rotatable bonds is 3. The van der Waals surface area contributed by atoms with E-state index in [2.05, 4.69) is 75.6 Å². The van der Waals surface area contributed by atoms with E-state index in [-0.39, 0.29) is 5.41 Å². The molecule has 2 rings (SSSR count). The maximum atomic E-state index is 2.28. The molecule has 1 heteroatoms. The standard InChI is InChI=1S/C17H20S/c1-13-5-7-14(8-6-13)17(2,3)15-9-11-16(18-4)12-10-15/h5-12H,1-4H3. The lowest BCUT2D eigenvalue weighted by molar-refractivity contribution is 0.640. The van der Waals surface area contributed by atoms with Crippen molar-refractivity contribution in [2.45, 2.75) is 31.1 Å². The molecule has 0 aromatic heterocycles. The van der Waals surface area contributed by atoms with Crippen molar-refractivity contribution in [2.24, 2.45) is 0 Å². The largest absolute Gasteiger partial charge is 0.130 e. The van der Waals surface area contributed by atoms with E-state index in [0.29, 0.717) is 0 Å². The highest BCUT2D eigenvalue weighted by molar-refractivity contribution is 7.98. The number of hydrogen-bond donors (Lipinski definition) is 0. The lowest BCUT2D eigenvalue weighted by Crippen LogP contribution is -2.18. The number of aryl methyl sites for hydroxylation is 1. The van der Waals surface area contributed by atoms with Crippen LogP contribution in [-0.4, -0.2) is 6.26 Å². The molecular weight excluding hydrogens is 236 g/mol. The molecule has 0 spiro atoms. The zero-order valence-electron chi connectivity index (χ0n) is 11.5. The van der Waals surface area contributed by atoms with Crippen LogP contribution in [0, 0.1) is 6.92 Å². The Kier molecular flexibility index (Phi) is 3.82. The molecule has 0 aliphatic rings. The summed E-state index contributed by atoms with van der Waals surface area (Å²) >= 11 is 1.79. The topological polar surface area (TPSA) is 0 Å². The van der Waals surface area contributed by atoms with Gasteiger partial charge in [-0.05, 0) is 36.4 Å². The van der Waals surface area contributed by atoms with E-state index in [0.717, 1.165) is 0 Å². The third-order valence-corrected chi connectivity index (χ3v) is 4.33. The van der Waals surface area contributed by atoms with Gasteiger partial charge in [-0.25, -0.2) is 0 Å². The van der Waals surface area contributed by atoms with Crippen LogP contribution >= 0.6 is 11.8 Å². The van der Waals surface area contributed by atoms with Crippen LogP contribution in [0.4, 0.5) is 0 Å². The molecule has 0 saturated heterocycles.